The first kappa shape index (κ1) is 51.8. The topological polar surface area (TPSA) is 134 Å². The van der Waals surface area contributed by atoms with E-state index in [2.05, 4.69) is 26.0 Å². The molecule has 0 spiro atoms. The van der Waals surface area contributed by atoms with E-state index < -0.39 is 32.5 Å². The van der Waals surface area contributed by atoms with E-state index in [4.69, 9.17) is 24.3 Å². The quantitative estimate of drug-likeness (QED) is 0.0269. The zero-order valence-electron chi connectivity index (χ0n) is 34.5. The van der Waals surface area contributed by atoms with Crippen LogP contribution in [-0.4, -0.2) is 49.3 Å². The summed E-state index contributed by atoms with van der Waals surface area (Å²) in [6.07, 6.45) is 41.0. The Morgan fingerprint density at radius 1 is 0.547 bits per heavy atom. The van der Waals surface area contributed by atoms with Crippen LogP contribution in [0.1, 0.15) is 219 Å². The van der Waals surface area contributed by atoms with Crippen LogP contribution in [0.3, 0.4) is 0 Å². The molecule has 0 amide bonds. The Kier molecular flexibility index (Phi) is 39.5. The highest BCUT2D eigenvalue weighted by atomic mass is 31.2. The first-order valence-corrected chi connectivity index (χ1v) is 23.7. The number of ether oxygens (including phenoxy) is 2. The molecule has 0 heterocycles. The van der Waals surface area contributed by atoms with E-state index in [9.17, 15) is 19.0 Å². The van der Waals surface area contributed by atoms with Gasteiger partial charge in [0.25, 0.3) is 0 Å². The summed E-state index contributed by atoms with van der Waals surface area (Å²) in [4.78, 5) is 34.9. The maximum atomic E-state index is 12.6. The fourth-order valence-corrected chi connectivity index (χ4v) is 7.10. The molecule has 0 rings (SSSR count). The molecule has 0 aromatic heterocycles. The summed E-state index contributed by atoms with van der Waals surface area (Å²) in [7, 11) is -4.37. The van der Waals surface area contributed by atoms with Crippen LogP contribution in [0.4, 0.5) is 0 Å². The summed E-state index contributed by atoms with van der Waals surface area (Å²) in [5.74, 6) is -0.835. The molecule has 0 fully saturated rings. The highest BCUT2D eigenvalue weighted by molar-refractivity contribution is 7.47. The van der Waals surface area contributed by atoms with Crippen molar-refractivity contribution in [3.63, 3.8) is 0 Å². The zero-order chi connectivity index (χ0) is 38.9. The second-order valence-electron chi connectivity index (χ2n) is 14.9. The molecule has 9 nitrogen and oxygen atoms in total. The largest absolute Gasteiger partial charge is 0.472 e. The number of allylic oxidation sites excluding steroid dienone is 2. The average Bonchev–Trinajstić information content (AvgIpc) is 3.14. The van der Waals surface area contributed by atoms with Crippen molar-refractivity contribution in [1.29, 1.82) is 0 Å². The minimum absolute atomic E-state index is 0.0545. The monoisotopic (exact) mass is 774 g/mol. The van der Waals surface area contributed by atoms with Crippen molar-refractivity contribution in [1.82, 2.24) is 0 Å². The van der Waals surface area contributed by atoms with Crippen LogP contribution < -0.4 is 5.73 Å². The number of phosphoric ester groups is 1. The molecule has 0 bridgehead atoms. The third kappa shape index (κ3) is 40.2. The third-order valence-electron chi connectivity index (χ3n) is 9.65. The first-order chi connectivity index (χ1) is 25.8. The van der Waals surface area contributed by atoms with Crippen molar-refractivity contribution in [2.45, 2.75) is 225 Å². The van der Waals surface area contributed by atoms with Crippen LogP contribution in [0, 0.1) is 0 Å². The van der Waals surface area contributed by atoms with Crippen LogP contribution in [0.15, 0.2) is 12.2 Å². The van der Waals surface area contributed by atoms with Crippen molar-refractivity contribution in [3.8, 4) is 0 Å². The van der Waals surface area contributed by atoms with Crippen LogP contribution >= 0.6 is 7.82 Å². The number of esters is 2. The van der Waals surface area contributed by atoms with Crippen LogP contribution in [0.2, 0.25) is 0 Å². The van der Waals surface area contributed by atoms with Crippen LogP contribution in [0.25, 0.3) is 0 Å². The number of hydrogen-bond donors (Lipinski definition) is 2. The molecule has 3 N–H and O–H groups in total. The number of nitrogens with two attached hydrogens (primary N) is 1. The number of rotatable bonds is 42. The van der Waals surface area contributed by atoms with Crippen molar-refractivity contribution in [2.24, 2.45) is 5.73 Å². The molecule has 0 aliphatic carbocycles. The summed E-state index contributed by atoms with van der Waals surface area (Å²) in [5.41, 5.74) is 5.35. The lowest BCUT2D eigenvalue weighted by Gasteiger charge is -2.19. The van der Waals surface area contributed by atoms with Crippen LogP contribution in [-0.2, 0) is 32.7 Å². The van der Waals surface area contributed by atoms with Gasteiger partial charge in [-0.1, -0.05) is 180 Å². The molecule has 0 radical (unpaired) electrons. The Morgan fingerprint density at radius 2 is 0.925 bits per heavy atom. The van der Waals surface area contributed by atoms with E-state index in [1.165, 1.54) is 141 Å². The SMILES string of the molecule is CCCCCCCCCC/C=C/CCCCCC(=O)OC[C@H](COP(=O)(O)OCCN)OC(=O)CCCCCCCCCCCCCCCCCCC. The number of hydrogen-bond acceptors (Lipinski definition) is 8. The Bertz CT molecular complexity index is 886. The molecule has 53 heavy (non-hydrogen) atoms. The number of unbranched alkanes of at least 4 members (excludes halogenated alkanes) is 27. The second kappa shape index (κ2) is 40.4. The normalized spacial score (nSPS) is 13.4. The fraction of sp³-hybridized carbons (Fsp3) is 0.907. The van der Waals surface area contributed by atoms with Gasteiger partial charge < -0.3 is 20.1 Å². The number of carbonyl (C=O) groups is 2. The molecule has 314 valence electrons. The predicted octanol–water partition coefficient (Wildman–Crippen LogP) is 12.6. The second-order valence-corrected chi connectivity index (χ2v) is 16.4. The lowest BCUT2D eigenvalue weighted by Crippen LogP contribution is -2.29. The highest BCUT2D eigenvalue weighted by Crippen LogP contribution is 2.43. The lowest BCUT2D eigenvalue weighted by molar-refractivity contribution is -0.161. The van der Waals surface area contributed by atoms with Gasteiger partial charge in [0.05, 0.1) is 13.2 Å². The average molecular weight is 774 g/mol. The molecule has 0 aliphatic rings. The van der Waals surface area contributed by atoms with Gasteiger partial charge in [-0.3, -0.25) is 18.6 Å². The minimum Gasteiger partial charge on any atom is -0.462 e. The Labute approximate surface area is 326 Å². The smallest absolute Gasteiger partial charge is 0.462 e. The summed E-state index contributed by atoms with van der Waals surface area (Å²) >= 11 is 0. The molecule has 10 heteroatoms. The van der Waals surface area contributed by atoms with E-state index in [1.54, 1.807) is 0 Å². The summed E-state index contributed by atoms with van der Waals surface area (Å²) < 4.78 is 32.8. The highest BCUT2D eigenvalue weighted by Gasteiger charge is 2.26. The Hall–Kier alpha value is -1.25. The maximum absolute atomic E-state index is 12.6. The molecule has 2 atom stereocenters. The number of phosphoric acid groups is 1. The number of carbonyl (C=O) groups excluding carboxylic acids is 2. The van der Waals surface area contributed by atoms with Gasteiger partial charge in [-0.2, -0.15) is 0 Å². The molecule has 0 aliphatic heterocycles. The van der Waals surface area contributed by atoms with Gasteiger partial charge in [-0.25, -0.2) is 4.57 Å². The molecular weight excluding hydrogens is 689 g/mol. The van der Waals surface area contributed by atoms with Crippen molar-refractivity contribution in [3.05, 3.63) is 12.2 Å². The van der Waals surface area contributed by atoms with Gasteiger partial charge in [0.1, 0.15) is 6.61 Å². The summed E-state index contributed by atoms with van der Waals surface area (Å²) in [5, 5.41) is 0. The molecule has 0 saturated carbocycles. The molecule has 0 saturated heterocycles. The maximum Gasteiger partial charge on any atom is 0.472 e. The first-order valence-electron chi connectivity index (χ1n) is 22.2. The molecule has 0 aromatic carbocycles. The Balaban J connectivity index is 4.13. The Morgan fingerprint density at radius 3 is 1.36 bits per heavy atom. The standard InChI is InChI=1S/C43H84NO8P/c1-3-5-7-9-11-13-15-17-19-20-22-24-26-28-30-32-34-36-43(46)52-41(40-51-53(47,48)50-38-37-44)39-49-42(45)35-33-31-29-27-25-23-21-18-16-14-12-10-8-6-4-2/h23,25,41H,3-22,24,26-40,44H2,1-2H3,(H,47,48)/b25-23+/t41-/m1/s1. The summed E-state index contributed by atoms with van der Waals surface area (Å²) in [6.45, 7) is 3.74. The van der Waals surface area contributed by atoms with Gasteiger partial charge in [0.15, 0.2) is 6.10 Å². The van der Waals surface area contributed by atoms with E-state index in [0.717, 1.165) is 38.5 Å². The van der Waals surface area contributed by atoms with Gasteiger partial charge in [-0.05, 0) is 38.5 Å². The minimum atomic E-state index is -4.37. The van der Waals surface area contributed by atoms with Crippen molar-refractivity contribution < 1.29 is 37.6 Å². The molecule has 0 aromatic rings. The fourth-order valence-electron chi connectivity index (χ4n) is 6.34. The molecular formula is C43H84NO8P. The summed E-state index contributed by atoms with van der Waals surface area (Å²) in [6, 6.07) is 0. The van der Waals surface area contributed by atoms with Crippen LogP contribution in [0.5, 0.6) is 0 Å². The van der Waals surface area contributed by atoms with E-state index in [1.807, 2.05) is 0 Å². The van der Waals surface area contributed by atoms with Gasteiger partial charge in [0, 0.05) is 19.4 Å². The van der Waals surface area contributed by atoms with Gasteiger partial charge in [-0.15, -0.1) is 0 Å². The third-order valence-corrected chi connectivity index (χ3v) is 10.6. The van der Waals surface area contributed by atoms with Gasteiger partial charge in [0.2, 0.25) is 0 Å². The van der Waals surface area contributed by atoms with E-state index in [0.29, 0.717) is 12.8 Å². The van der Waals surface area contributed by atoms with E-state index in [-0.39, 0.29) is 32.6 Å². The van der Waals surface area contributed by atoms with E-state index >= 15 is 0 Å². The van der Waals surface area contributed by atoms with Crippen molar-refractivity contribution in [2.75, 3.05) is 26.4 Å². The zero-order valence-corrected chi connectivity index (χ0v) is 35.4. The van der Waals surface area contributed by atoms with Crippen molar-refractivity contribution >= 4 is 19.8 Å². The predicted molar refractivity (Wildman–Crippen MR) is 220 cm³/mol. The van der Waals surface area contributed by atoms with Gasteiger partial charge >= 0.3 is 19.8 Å². The lowest BCUT2D eigenvalue weighted by atomic mass is 10.0. The molecule has 1 unspecified atom stereocenters.